The molecule has 0 saturated heterocycles. The first-order valence-electron chi connectivity index (χ1n) is 3.67. The van der Waals surface area contributed by atoms with Crippen LogP contribution in [0.4, 0.5) is 13.2 Å². The summed E-state index contributed by atoms with van der Waals surface area (Å²) in [6, 6.07) is 1.18. The number of hydrogen-bond donors (Lipinski definition) is 0. The van der Waals surface area contributed by atoms with Crippen LogP contribution in [0.1, 0.15) is 18.2 Å². The van der Waals surface area contributed by atoms with Crippen molar-refractivity contribution in [2.24, 2.45) is 7.05 Å². The van der Waals surface area contributed by atoms with Crippen molar-refractivity contribution in [3.63, 3.8) is 0 Å². The van der Waals surface area contributed by atoms with E-state index in [9.17, 15) is 13.2 Å². The maximum atomic E-state index is 12.1. The Balaban J connectivity index is 3.05. The van der Waals surface area contributed by atoms with E-state index in [4.69, 9.17) is 0 Å². The minimum atomic E-state index is -4.22. The summed E-state index contributed by atoms with van der Waals surface area (Å²) in [6.07, 6.45) is -2.49. The lowest BCUT2D eigenvalue weighted by molar-refractivity contribution is -0.137. The average molecular weight is 177 g/mol. The van der Waals surface area contributed by atoms with Crippen molar-refractivity contribution in [3.05, 3.63) is 23.5 Å². The zero-order chi connectivity index (χ0) is 9.35. The molecule has 0 radical (unpaired) electrons. The normalized spacial score (nSPS) is 12.1. The van der Waals surface area contributed by atoms with Crippen LogP contribution >= 0.6 is 0 Å². The van der Waals surface area contributed by atoms with Crippen LogP contribution in [0.2, 0.25) is 0 Å². The number of rotatable bonds is 1. The second kappa shape index (κ2) is 2.84. The fourth-order valence-electron chi connectivity index (χ4n) is 1.12. The van der Waals surface area contributed by atoms with Crippen molar-refractivity contribution >= 4 is 0 Å². The summed E-state index contributed by atoms with van der Waals surface area (Å²) in [7, 11) is 1.62. The van der Waals surface area contributed by atoms with Gasteiger partial charge in [-0.3, -0.25) is 0 Å². The van der Waals surface area contributed by atoms with Crippen molar-refractivity contribution in [1.29, 1.82) is 0 Å². The molecule has 0 aliphatic heterocycles. The Kier molecular flexibility index (Phi) is 2.17. The number of aryl methyl sites for hydroxylation is 2. The van der Waals surface area contributed by atoms with Gasteiger partial charge in [0.25, 0.3) is 0 Å². The topological polar surface area (TPSA) is 4.93 Å². The quantitative estimate of drug-likeness (QED) is 0.621. The molecular formula is C8H10F3N. The van der Waals surface area contributed by atoms with Crippen molar-refractivity contribution < 1.29 is 13.2 Å². The molecule has 0 amide bonds. The van der Waals surface area contributed by atoms with Gasteiger partial charge in [-0.05, 0) is 12.5 Å². The van der Waals surface area contributed by atoms with Gasteiger partial charge in [-0.25, -0.2) is 0 Å². The Labute approximate surface area is 68.8 Å². The molecule has 1 heterocycles. The van der Waals surface area contributed by atoms with E-state index < -0.39 is 11.7 Å². The molecule has 68 valence electrons. The lowest BCUT2D eigenvalue weighted by Crippen LogP contribution is -2.02. The van der Waals surface area contributed by atoms with Gasteiger partial charge in [-0.15, -0.1) is 0 Å². The van der Waals surface area contributed by atoms with Crippen LogP contribution in [0.3, 0.4) is 0 Å². The van der Waals surface area contributed by atoms with Crippen LogP contribution in [0.5, 0.6) is 0 Å². The van der Waals surface area contributed by atoms with E-state index in [-0.39, 0.29) is 0 Å². The third-order valence-electron chi connectivity index (χ3n) is 1.80. The summed E-state index contributed by atoms with van der Waals surface area (Å²) in [6.45, 7) is 1.83. The third-order valence-corrected chi connectivity index (χ3v) is 1.80. The van der Waals surface area contributed by atoms with Crippen LogP contribution in [0.25, 0.3) is 0 Å². The standard InChI is InChI=1S/C8H10F3N/c1-3-7-4-6(5-12(7)2)8(9,10)11/h4-5H,3H2,1-2H3. The van der Waals surface area contributed by atoms with Crippen LogP contribution in [-0.2, 0) is 19.6 Å². The van der Waals surface area contributed by atoms with Crippen molar-refractivity contribution in [3.8, 4) is 0 Å². The molecule has 0 spiro atoms. The van der Waals surface area contributed by atoms with Gasteiger partial charge in [-0.2, -0.15) is 13.2 Å². The molecule has 12 heavy (non-hydrogen) atoms. The van der Waals surface area contributed by atoms with Crippen LogP contribution < -0.4 is 0 Å². The van der Waals surface area contributed by atoms with E-state index in [1.54, 1.807) is 7.05 Å². The maximum absolute atomic E-state index is 12.1. The SMILES string of the molecule is CCc1cc(C(F)(F)F)cn1C. The van der Waals surface area contributed by atoms with Gasteiger partial charge >= 0.3 is 6.18 Å². The fourth-order valence-corrected chi connectivity index (χ4v) is 1.12. The first-order valence-corrected chi connectivity index (χ1v) is 3.67. The minimum Gasteiger partial charge on any atom is -0.354 e. The minimum absolute atomic E-state index is 0.568. The molecule has 0 fully saturated rings. The fraction of sp³-hybridized carbons (Fsp3) is 0.500. The molecule has 1 aromatic rings. The molecule has 1 nitrogen and oxygen atoms in total. The smallest absolute Gasteiger partial charge is 0.354 e. The van der Waals surface area contributed by atoms with Crippen molar-refractivity contribution in [1.82, 2.24) is 4.57 Å². The molecule has 0 atom stereocenters. The summed E-state index contributed by atoms with van der Waals surface area (Å²) in [5.41, 5.74) is 0.129. The molecule has 0 unspecified atom stereocenters. The number of halogens is 3. The van der Waals surface area contributed by atoms with Crippen molar-refractivity contribution in [2.75, 3.05) is 0 Å². The number of aromatic nitrogens is 1. The van der Waals surface area contributed by atoms with Crippen LogP contribution in [0.15, 0.2) is 12.3 Å². The highest BCUT2D eigenvalue weighted by Crippen LogP contribution is 2.30. The highest BCUT2D eigenvalue weighted by molar-refractivity contribution is 5.21. The molecule has 0 N–H and O–H groups in total. The van der Waals surface area contributed by atoms with Crippen LogP contribution in [-0.4, -0.2) is 4.57 Å². The number of nitrogens with zero attached hydrogens (tertiary/aromatic N) is 1. The van der Waals surface area contributed by atoms with E-state index in [1.165, 1.54) is 10.6 Å². The van der Waals surface area contributed by atoms with Gasteiger partial charge in [0, 0.05) is 18.9 Å². The average Bonchev–Trinajstić information content (AvgIpc) is 2.29. The third kappa shape index (κ3) is 1.62. The molecule has 1 rings (SSSR count). The van der Waals surface area contributed by atoms with Gasteiger partial charge in [0.2, 0.25) is 0 Å². The Morgan fingerprint density at radius 1 is 1.42 bits per heavy atom. The first kappa shape index (κ1) is 9.16. The molecule has 4 heteroatoms. The molecule has 0 bridgehead atoms. The second-order valence-corrected chi connectivity index (χ2v) is 2.68. The van der Waals surface area contributed by atoms with E-state index in [0.717, 1.165) is 6.20 Å². The Morgan fingerprint density at radius 3 is 2.25 bits per heavy atom. The lowest BCUT2D eigenvalue weighted by atomic mass is 10.3. The predicted molar refractivity (Wildman–Crippen MR) is 39.8 cm³/mol. The largest absolute Gasteiger partial charge is 0.417 e. The summed E-state index contributed by atoms with van der Waals surface area (Å²) in [4.78, 5) is 0. The summed E-state index contributed by atoms with van der Waals surface area (Å²) < 4.78 is 37.8. The first-order chi connectivity index (χ1) is 5.45. The molecule has 0 aliphatic carbocycles. The zero-order valence-corrected chi connectivity index (χ0v) is 6.94. The van der Waals surface area contributed by atoms with Crippen molar-refractivity contribution in [2.45, 2.75) is 19.5 Å². The summed E-state index contributed by atoms with van der Waals surface area (Å²) in [5.74, 6) is 0. The van der Waals surface area contributed by atoms with Gasteiger partial charge in [-0.1, -0.05) is 6.92 Å². The number of alkyl halides is 3. The van der Waals surface area contributed by atoms with E-state index in [2.05, 4.69) is 0 Å². The van der Waals surface area contributed by atoms with Gasteiger partial charge in [0.1, 0.15) is 0 Å². The van der Waals surface area contributed by atoms with Gasteiger partial charge in [0.05, 0.1) is 5.56 Å². The highest BCUT2D eigenvalue weighted by Gasteiger charge is 2.31. The van der Waals surface area contributed by atoms with Gasteiger partial charge in [0.15, 0.2) is 0 Å². The summed E-state index contributed by atoms with van der Waals surface area (Å²) in [5, 5.41) is 0. The lowest BCUT2D eigenvalue weighted by Gasteiger charge is -2.00. The van der Waals surface area contributed by atoms with E-state index in [0.29, 0.717) is 12.1 Å². The Hall–Kier alpha value is -0.930. The second-order valence-electron chi connectivity index (χ2n) is 2.68. The molecule has 0 aromatic carbocycles. The Morgan fingerprint density at radius 2 is 2.00 bits per heavy atom. The molecular weight excluding hydrogens is 167 g/mol. The monoisotopic (exact) mass is 177 g/mol. The molecule has 0 saturated carbocycles. The van der Waals surface area contributed by atoms with E-state index >= 15 is 0 Å². The predicted octanol–water partition coefficient (Wildman–Crippen LogP) is 2.61. The van der Waals surface area contributed by atoms with Crippen LogP contribution in [0, 0.1) is 0 Å². The maximum Gasteiger partial charge on any atom is 0.417 e. The highest BCUT2D eigenvalue weighted by atomic mass is 19.4. The number of hydrogen-bond acceptors (Lipinski definition) is 0. The molecule has 0 aliphatic rings. The molecule has 1 aromatic heterocycles. The van der Waals surface area contributed by atoms with E-state index in [1.807, 2.05) is 6.92 Å². The zero-order valence-electron chi connectivity index (χ0n) is 6.94. The summed E-state index contributed by atoms with van der Waals surface area (Å²) >= 11 is 0. The van der Waals surface area contributed by atoms with Gasteiger partial charge < -0.3 is 4.57 Å². The Bertz CT molecular complexity index is 272.